The SMILES string of the molecule is CCC(C)SCC(=O)Cc1ccc(F)c(Cl)c1. The van der Waals surface area contributed by atoms with Gasteiger partial charge in [0.05, 0.1) is 10.8 Å². The number of hydrogen-bond acceptors (Lipinski definition) is 2. The highest BCUT2D eigenvalue weighted by molar-refractivity contribution is 8.00. The van der Waals surface area contributed by atoms with Crippen LogP contribution in [0, 0.1) is 5.82 Å². The average molecular weight is 275 g/mol. The van der Waals surface area contributed by atoms with Gasteiger partial charge < -0.3 is 0 Å². The molecule has 1 rings (SSSR count). The largest absolute Gasteiger partial charge is 0.298 e. The molecule has 1 aromatic carbocycles. The van der Waals surface area contributed by atoms with E-state index < -0.39 is 5.82 Å². The fourth-order valence-electron chi connectivity index (χ4n) is 1.28. The maximum Gasteiger partial charge on any atom is 0.147 e. The van der Waals surface area contributed by atoms with Gasteiger partial charge >= 0.3 is 0 Å². The number of rotatable bonds is 6. The number of carbonyl (C=O) groups is 1. The topological polar surface area (TPSA) is 17.1 Å². The first kappa shape index (κ1) is 14.5. The number of hydrogen-bond donors (Lipinski definition) is 0. The van der Waals surface area contributed by atoms with Gasteiger partial charge in [0.15, 0.2) is 0 Å². The molecule has 0 saturated heterocycles. The zero-order valence-corrected chi connectivity index (χ0v) is 11.6. The molecular weight excluding hydrogens is 259 g/mol. The van der Waals surface area contributed by atoms with Crippen molar-refractivity contribution in [3.8, 4) is 0 Å². The van der Waals surface area contributed by atoms with Crippen LogP contribution in [-0.2, 0) is 11.2 Å². The highest BCUT2D eigenvalue weighted by atomic mass is 35.5. The van der Waals surface area contributed by atoms with E-state index in [1.165, 1.54) is 12.1 Å². The highest BCUT2D eigenvalue weighted by Gasteiger charge is 2.08. The predicted molar refractivity (Wildman–Crippen MR) is 72.3 cm³/mol. The third-order valence-corrected chi connectivity index (χ3v) is 4.17. The maximum absolute atomic E-state index is 12.9. The Morgan fingerprint density at radius 3 is 2.82 bits per heavy atom. The lowest BCUT2D eigenvalue weighted by Gasteiger charge is -2.07. The summed E-state index contributed by atoms with van der Waals surface area (Å²) in [5.41, 5.74) is 0.770. The van der Waals surface area contributed by atoms with E-state index in [4.69, 9.17) is 11.6 Å². The maximum atomic E-state index is 12.9. The standard InChI is InChI=1S/C13H16ClFOS/c1-3-9(2)17-8-11(16)6-10-4-5-13(15)12(14)7-10/h4-5,7,9H,3,6,8H2,1-2H3. The second-order valence-electron chi connectivity index (χ2n) is 3.99. The Morgan fingerprint density at radius 2 is 2.24 bits per heavy atom. The van der Waals surface area contributed by atoms with Gasteiger partial charge in [0.2, 0.25) is 0 Å². The summed E-state index contributed by atoms with van der Waals surface area (Å²) in [4.78, 5) is 11.7. The third-order valence-electron chi connectivity index (χ3n) is 2.49. The molecule has 0 aliphatic rings. The van der Waals surface area contributed by atoms with E-state index in [-0.39, 0.29) is 10.8 Å². The minimum absolute atomic E-state index is 0.0740. The number of halogens is 2. The van der Waals surface area contributed by atoms with Crippen LogP contribution >= 0.6 is 23.4 Å². The summed E-state index contributed by atoms with van der Waals surface area (Å²) in [6.45, 7) is 4.20. The zero-order chi connectivity index (χ0) is 12.8. The van der Waals surface area contributed by atoms with Crippen LogP contribution in [-0.4, -0.2) is 16.8 Å². The van der Waals surface area contributed by atoms with Gasteiger partial charge in [-0.3, -0.25) is 4.79 Å². The number of ketones is 1. The van der Waals surface area contributed by atoms with Crippen LogP contribution in [0.5, 0.6) is 0 Å². The molecular formula is C13H16ClFOS. The van der Waals surface area contributed by atoms with Crippen molar-refractivity contribution < 1.29 is 9.18 Å². The van der Waals surface area contributed by atoms with Crippen LogP contribution in [0.15, 0.2) is 18.2 Å². The monoisotopic (exact) mass is 274 g/mol. The third kappa shape index (κ3) is 5.09. The number of thioether (sulfide) groups is 1. The van der Waals surface area contributed by atoms with Gasteiger partial charge in [-0.25, -0.2) is 4.39 Å². The van der Waals surface area contributed by atoms with E-state index in [0.29, 0.717) is 17.4 Å². The Labute approximate surface area is 111 Å². The zero-order valence-electron chi connectivity index (χ0n) is 10.0. The summed E-state index contributed by atoms with van der Waals surface area (Å²) in [7, 11) is 0. The van der Waals surface area contributed by atoms with Crippen molar-refractivity contribution in [3.05, 3.63) is 34.6 Å². The molecule has 1 aromatic rings. The molecule has 0 heterocycles. The lowest BCUT2D eigenvalue weighted by atomic mass is 10.1. The van der Waals surface area contributed by atoms with Gasteiger partial charge in [0.25, 0.3) is 0 Å². The summed E-state index contributed by atoms with van der Waals surface area (Å²) >= 11 is 7.31. The number of benzene rings is 1. The van der Waals surface area contributed by atoms with Crippen LogP contribution in [0.3, 0.4) is 0 Å². The van der Waals surface area contributed by atoms with E-state index in [0.717, 1.165) is 12.0 Å². The Kier molecular flexibility index (Phi) is 6.00. The minimum atomic E-state index is -0.447. The molecule has 1 atom stereocenters. The Hall–Kier alpha value is -0.540. The van der Waals surface area contributed by atoms with Crippen LogP contribution in [0.25, 0.3) is 0 Å². The van der Waals surface area contributed by atoms with Gasteiger partial charge in [0.1, 0.15) is 11.6 Å². The van der Waals surface area contributed by atoms with Gasteiger partial charge in [-0.15, -0.1) is 0 Å². The second-order valence-corrected chi connectivity index (χ2v) is 5.83. The molecule has 0 amide bonds. The van der Waals surface area contributed by atoms with E-state index in [2.05, 4.69) is 13.8 Å². The van der Waals surface area contributed by atoms with E-state index >= 15 is 0 Å². The molecule has 94 valence electrons. The summed E-state index contributed by atoms with van der Waals surface area (Å²) in [6, 6.07) is 4.42. The second kappa shape index (κ2) is 7.02. The summed E-state index contributed by atoms with van der Waals surface area (Å²) in [5.74, 6) is 0.208. The predicted octanol–water partition coefficient (Wildman–Crippen LogP) is 4.12. The van der Waals surface area contributed by atoms with Gasteiger partial charge in [-0.05, 0) is 24.1 Å². The van der Waals surface area contributed by atoms with Crippen molar-refractivity contribution in [3.63, 3.8) is 0 Å². The number of Topliss-reactive ketones (excluding diaryl/α,β-unsaturated/α-hetero) is 1. The molecule has 0 saturated carbocycles. The van der Waals surface area contributed by atoms with Crippen LogP contribution in [0.1, 0.15) is 25.8 Å². The summed E-state index contributed by atoms with van der Waals surface area (Å²) < 4.78 is 12.9. The molecule has 0 fully saturated rings. The molecule has 0 bridgehead atoms. The molecule has 0 spiro atoms. The van der Waals surface area contributed by atoms with Crippen molar-refractivity contribution in [2.24, 2.45) is 0 Å². The van der Waals surface area contributed by atoms with Crippen molar-refractivity contribution in [2.75, 3.05) is 5.75 Å². The van der Waals surface area contributed by atoms with Gasteiger partial charge in [-0.1, -0.05) is 31.5 Å². The molecule has 1 nitrogen and oxygen atoms in total. The highest BCUT2D eigenvalue weighted by Crippen LogP contribution is 2.18. The molecule has 0 aliphatic carbocycles. The quantitative estimate of drug-likeness (QED) is 0.776. The first-order chi connectivity index (χ1) is 8.02. The molecule has 17 heavy (non-hydrogen) atoms. The minimum Gasteiger partial charge on any atom is -0.298 e. The lowest BCUT2D eigenvalue weighted by Crippen LogP contribution is -2.08. The molecule has 0 radical (unpaired) electrons. The van der Waals surface area contributed by atoms with Crippen LogP contribution in [0.4, 0.5) is 4.39 Å². The van der Waals surface area contributed by atoms with Gasteiger partial charge in [-0.2, -0.15) is 11.8 Å². The summed E-state index contributed by atoms with van der Waals surface area (Å²) in [6.07, 6.45) is 1.38. The first-order valence-electron chi connectivity index (χ1n) is 5.60. The van der Waals surface area contributed by atoms with Gasteiger partial charge in [0, 0.05) is 11.7 Å². The Bertz CT molecular complexity index is 395. The lowest BCUT2D eigenvalue weighted by molar-refractivity contribution is -0.116. The van der Waals surface area contributed by atoms with Crippen molar-refractivity contribution in [2.45, 2.75) is 31.9 Å². The normalized spacial score (nSPS) is 12.5. The Balaban J connectivity index is 2.48. The molecule has 0 aromatic heterocycles. The fraction of sp³-hybridized carbons (Fsp3) is 0.462. The van der Waals surface area contributed by atoms with E-state index in [9.17, 15) is 9.18 Å². The molecule has 0 N–H and O–H groups in total. The summed E-state index contributed by atoms with van der Waals surface area (Å²) in [5, 5.41) is 0.570. The smallest absolute Gasteiger partial charge is 0.147 e. The number of carbonyl (C=O) groups excluding carboxylic acids is 1. The van der Waals surface area contributed by atoms with Crippen molar-refractivity contribution in [1.82, 2.24) is 0 Å². The molecule has 4 heteroatoms. The van der Waals surface area contributed by atoms with Crippen LogP contribution in [0.2, 0.25) is 5.02 Å². The first-order valence-corrected chi connectivity index (χ1v) is 7.02. The van der Waals surface area contributed by atoms with E-state index in [1.54, 1.807) is 17.8 Å². The van der Waals surface area contributed by atoms with E-state index in [1.807, 2.05) is 0 Å². The average Bonchev–Trinajstić information content (AvgIpc) is 2.31. The molecule has 1 unspecified atom stereocenters. The Morgan fingerprint density at radius 1 is 1.53 bits per heavy atom. The van der Waals surface area contributed by atoms with Crippen molar-refractivity contribution >= 4 is 29.1 Å². The fourth-order valence-corrected chi connectivity index (χ4v) is 2.29. The molecule has 0 aliphatic heterocycles. The van der Waals surface area contributed by atoms with Crippen molar-refractivity contribution in [1.29, 1.82) is 0 Å². The van der Waals surface area contributed by atoms with Crippen LogP contribution < -0.4 is 0 Å².